The quantitative estimate of drug-likeness (QED) is 0.235. The maximum atomic E-state index is 11.7. The molecule has 0 N–H and O–H groups in total. The second kappa shape index (κ2) is 10.7. The van der Waals surface area contributed by atoms with E-state index in [2.05, 4.69) is 52.9 Å². The molecule has 146 valence electrons. The van der Waals surface area contributed by atoms with Gasteiger partial charge in [-0.1, -0.05) is 72.0 Å². The number of carbonyl (C=O) groups is 1. The van der Waals surface area contributed by atoms with Gasteiger partial charge in [-0.05, 0) is 43.3 Å². The summed E-state index contributed by atoms with van der Waals surface area (Å²) < 4.78 is 6.69. The Morgan fingerprint density at radius 1 is 1.20 bits per heavy atom. The summed E-state index contributed by atoms with van der Waals surface area (Å²) in [5.41, 5.74) is 0. The van der Waals surface area contributed by atoms with Gasteiger partial charge in [-0.2, -0.15) is 0 Å². The first-order valence-corrected chi connectivity index (χ1v) is 13.4. The summed E-state index contributed by atoms with van der Waals surface area (Å²) in [6.07, 6.45) is 16.2. The number of Topliss-reactive ketones (excluding diaryl/α,β-unsaturated/α-hetero) is 1. The maximum Gasteiger partial charge on any atom is 0.192 e. The van der Waals surface area contributed by atoms with Crippen molar-refractivity contribution in [2.24, 2.45) is 5.92 Å². The molecule has 0 bridgehead atoms. The zero-order valence-corrected chi connectivity index (χ0v) is 18.7. The van der Waals surface area contributed by atoms with Crippen molar-refractivity contribution < 1.29 is 9.22 Å². The van der Waals surface area contributed by atoms with E-state index in [4.69, 9.17) is 4.43 Å². The highest BCUT2D eigenvalue weighted by atomic mass is 28.4. The third-order valence-electron chi connectivity index (χ3n) is 5.96. The van der Waals surface area contributed by atoms with Crippen molar-refractivity contribution in [1.29, 1.82) is 0 Å². The Morgan fingerprint density at radius 2 is 1.88 bits per heavy atom. The van der Waals surface area contributed by atoms with E-state index in [0.29, 0.717) is 11.7 Å². The molecule has 2 atom stereocenters. The molecule has 1 aliphatic rings. The molecule has 0 spiro atoms. The van der Waals surface area contributed by atoms with E-state index in [1.165, 1.54) is 32.1 Å². The SMILES string of the molecule is CCCCCCCC(/C=C/C1CCCC(=O)C1)O[Si](C)(C)C(C)(C)C. The lowest BCUT2D eigenvalue weighted by Crippen LogP contribution is -2.43. The molecular formula is C22H42O2Si. The van der Waals surface area contributed by atoms with Crippen molar-refractivity contribution in [2.45, 2.75) is 116 Å². The minimum absolute atomic E-state index is 0.222. The second-order valence-electron chi connectivity index (χ2n) is 9.40. The Bertz CT molecular complexity index is 420. The Kier molecular flexibility index (Phi) is 9.65. The summed E-state index contributed by atoms with van der Waals surface area (Å²) in [6, 6.07) is 0. The molecule has 0 radical (unpaired) electrons. The predicted molar refractivity (Wildman–Crippen MR) is 112 cm³/mol. The van der Waals surface area contributed by atoms with Crippen LogP contribution in [-0.4, -0.2) is 20.2 Å². The highest BCUT2D eigenvalue weighted by Gasteiger charge is 2.38. The smallest absolute Gasteiger partial charge is 0.192 e. The molecule has 0 saturated heterocycles. The molecule has 1 fully saturated rings. The van der Waals surface area contributed by atoms with Gasteiger partial charge < -0.3 is 4.43 Å². The van der Waals surface area contributed by atoms with Crippen molar-refractivity contribution in [3.05, 3.63) is 12.2 Å². The van der Waals surface area contributed by atoms with Gasteiger partial charge in [0, 0.05) is 12.8 Å². The molecule has 0 heterocycles. The highest BCUT2D eigenvalue weighted by molar-refractivity contribution is 6.74. The molecule has 2 nitrogen and oxygen atoms in total. The van der Waals surface area contributed by atoms with Crippen molar-refractivity contribution >= 4 is 14.1 Å². The molecule has 0 aromatic heterocycles. The third-order valence-corrected chi connectivity index (χ3v) is 10.5. The zero-order chi connectivity index (χ0) is 18.9. The zero-order valence-electron chi connectivity index (χ0n) is 17.7. The Hall–Kier alpha value is -0.413. The molecule has 0 aromatic rings. The lowest BCUT2D eigenvalue weighted by Gasteiger charge is -2.38. The topological polar surface area (TPSA) is 26.3 Å². The van der Waals surface area contributed by atoms with Crippen LogP contribution in [0.2, 0.25) is 18.1 Å². The normalized spacial score (nSPS) is 21.0. The van der Waals surface area contributed by atoms with Crippen LogP contribution >= 0.6 is 0 Å². The van der Waals surface area contributed by atoms with Crippen LogP contribution < -0.4 is 0 Å². The van der Waals surface area contributed by atoms with Gasteiger partial charge >= 0.3 is 0 Å². The molecule has 1 aliphatic carbocycles. The van der Waals surface area contributed by atoms with Gasteiger partial charge in [-0.3, -0.25) is 4.79 Å². The number of hydrogen-bond acceptors (Lipinski definition) is 2. The minimum Gasteiger partial charge on any atom is -0.411 e. The van der Waals surface area contributed by atoms with Gasteiger partial charge in [-0.25, -0.2) is 0 Å². The van der Waals surface area contributed by atoms with E-state index in [0.717, 1.165) is 32.1 Å². The van der Waals surface area contributed by atoms with Gasteiger partial charge in [0.05, 0.1) is 6.10 Å². The molecule has 1 saturated carbocycles. The minimum atomic E-state index is -1.76. The number of carbonyl (C=O) groups excluding carboxylic acids is 1. The Balaban J connectivity index is 2.64. The summed E-state index contributed by atoms with van der Waals surface area (Å²) in [4.78, 5) is 11.7. The summed E-state index contributed by atoms with van der Waals surface area (Å²) in [7, 11) is -1.76. The summed E-state index contributed by atoms with van der Waals surface area (Å²) in [6.45, 7) is 13.9. The van der Waals surface area contributed by atoms with Crippen LogP contribution in [0.25, 0.3) is 0 Å². The fourth-order valence-corrected chi connectivity index (χ4v) is 4.51. The number of rotatable bonds is 10. The standard InChI is InChI=1S/C22H42O2Si/c1-7-8-9-10-11-15-21(24-25(5,6)22(2,3)4)17-16-19-13-12-14-20(23)18-19/h16-17,19,21H,7-15,18H2,1-6H3/b17-16+. The first-order chi connectivity index (χ1) is 11.7. The monoisotopic (exact) mass is 366 g/mol. The van der Waals surface area contributed by atoms with Crippen LogP contribution in [0, 0.1) is 5.92 Å². The van der Waals surface area contributed by atoms with E-state index in [1.807, 2.05) is 0 Å². The van der Waals surface area contributed by atoms with Crippen LogP contribution in [0.15, 0.2) is 12.2 Å². The number of unbranched alkanes of at least 4 members (excludes halogenated alkanes) is 4. The third kappa shape index (κ3) is 8.68. The lowest BCUT2D eigenvalue weighted by molar-refractivity contribution is -0.121. The molecular weight excluding hydrogens is 324 g/mol. The molecule has 0 aromatic carbocycles. The number of ketones is 1. The Labute approximate surface area is 157 Å². The second-order valence-corrected chi connectivity index (χ2v) is 14.2. The fourth-order valence-electron chi connectivity index (χ4n) is 3.20. The molecule has 0 aliphatic heterocycles. The van der Waals surface area contributed by atoms with Crippen molar-refractivity contribution in [1.82, 2.24) is 0 Å². The average molecular weight is 367 g/mol. The largest absolute Gasteiger partial charge is 0.411 e. The molecule has 1 rings (SSSR count). The van der Waals surface area contributed by atoms with E-state index < -0.39 is 8.32 Å². The molecule has 25 heavy (non-hydrogen) atoms. The van der Waals surface area contributed by atoms with E-state index in [-0.39, 0.29) is 11.1 Å². The van der Waals surface area contributed by atoms with Crippen LogP contribution in [-0.2, 0) is 9.22 Å². The van der Waals surface area contributed by atoms with E-state index in [1.54, 1.807) is 0 Å². The number of allylic oxidation sites excluding steroid dienone is 1. The van der Waals surface area contributed by atoms with Crippen LogP contribution in [0.3, 0.4) is 0 Å². The predicted octanol–water partition coefficient (Wildman–Crippen LogP) is 7.05. The summed E-state index contributed by atoms with van der Waals surface area (Å²) in [5, 5.41) is 0.238. The van der Waals surface area contributed by atoms with Gasteiger partial charge in [-0.15, -0.1) is 0 Å². The first kappa shape index (κ1) is 22.6. The van der Waals surface area contributed by atoms with Crippen molar-refractivity contribution in [3.8, 4) is 0 Å². The van der Waals surface area contributed by atoms with Gasteiger partial charge in [0.2, 0.25) is 0 Å². The Morgan fingerprint density at radius 3 is 2.48 bits per heavy atom. The lowest BCUT2D eigenvalue weighted by atomic mass is 9.88. The maximum absolute atomic E-state index is 11.7. The van der Waals surface area contributed by atoms with Crippen LogP contribution in [0.5, 0.6) is 0 Å². The van der Waals surface area contributed by atoms with Crippen LogP contribution in [0.1, 0.15) is 91.9 Å². The van der Waals surface area contributed by atoms with Gasteiger partial charge in [0.15, 0.2) is 8.32 Å². The average Bonchev–Trinajstić information content (AvgIpc) is 2.51. The van der Waals surface area contributed by atoms with Crippen molar-refractivity contribution in [3.63, 3.8) is 0 Å². The fraction of sp³-hybridized carbons (Fsp3) is 0.864. The van der Waals surface area contributed by atoms with Crippen molar-refractivity contribution in [2.75, 3.05) is 0 Å². The summed E-state index contributed by atoms with van der Waals surface area (Å²) in [5.74, 6) is 0.870. The highest BCUT2D eigenvalue weighted by Crippen LogP contribution is 2.38. The molecule has 0 amide bonds. The molecule has 3 heteroatoms. The van der Waals surface area contributed by atoms with Gasteiger partial charge in [0.25, 0.3) is 0 Å². The number of hydrogen-bond donors (Lipinski definition) is 0. The summed E-state index contributed by atoms with van der Waals surface area (Å²) >= 11 is 0. The van der Waals surface area contributed by atoms with E-state index >= 15 is 0 Å². The van der Waals surface area contributed by atoms with Crippen LogP contribution in [0.4, 0.5) is 0 Å². The first-order valence-electron chi connectivity index (χ1n) is 10.5. The van der Waals surface area contributed by atoms with E-state index in [9.17, 15) is 4.79 Å². The molecule has 2 unspecified atom stereocenters. The van der Waals surface area contributed by atoms with Gasteiger partial charge in [0.1, 0.15) is 5.78 Å².